The fourth-order valence-corrected chi connectivity index (χ4v) is 2.25. The van der Waals surface area contributed by atoms with E-state index in [0.29, 0.717) is 5.56 Å². The number of carbonyl (C=O) groups excluding carboxylic acids is 1. The maximum atomic E-state index is 11.7. The average Bonchev–Trinajstić information content (AvgIpc) is 2.35. The van der Waals surface area contributed by atoms with E-state index in [9.17, 15) is 13.2 Å². The molecule has 0 saturated heterocycles. The molecule has 0 aromatic heterocycles. The van der Waals surface area contributed by atoms with Gasteiger partial charge in [-0.05, 0) is 24.3 Å². The fraction of sp³-hybridized carbons (Fsp3) is 0.300. The highest BCUT2D eigenvalue weighted by Crippen LogP contribution is 2.10. The van der Waals surface area contributed by atoms with Gasteiger partial charge < -0.3 is 11.1 Å². The van der Waals surface area contributed by atoms with Crippen LogP contribution in [0.2, 0.25) is 0 Å². The van der Waals surface area contributed by atoms with E-state index < -0.39 is 10.0 Å². The van der Waals surface area contributed by atoms with E-state index in [1.54, 1.807) is 0 Å². The Kier molecular flexibility index (Phi) is 6.85. The number of amides is 1. The molecular weight excluding hydrogens is 278 g/mol. The standard InChI is InChI=1S/C10H15N3O3S.ClH/c1-12-10(14)8-2-4-9(5-3-8)17(15,16)13-7-6-11;/h2-5,13H,6-7,11H2,1H3,(H,12,14);1H. The van der Waals surface area contributed by atoms with Crippen molar-refractivity contribution in [2.45, 2.75) is 4.90 Å². The van der Waals surface area contributed by atoms with Crippen LogP contribution in [0.1, 0.15) is 10.4 Å². The first-order valence-electron chi connectivity index (χ1n) is 5.03. The maximum absolute atomic E-state index is 11.7. The van der Waals surface area contributed by atoms with Gasteiger partial charge in [-0.15, -0.1) is 12.4 Å². The van der Waals surface area contributed by atoms with Crippen molar-refractivity contribution in [1.29, 1.82) is 0 Å². The molecule has 0 aliphatic heterocycles. The molecule has 0 unspecified atom stereocenters. The Morgan fingerprint density at radius 3 is 2.28 bits per heavy atom. The first kappa shape index (κ1) is 16.9. The van der Waals surface area contributed by atoms with Crippen molar-refractivity contribution in [3.05, 3.63) is 29.8 Å². The summed E-state index contributed by atoms with van der Waals surface area (Å²) < 4.78 is 25.7. The van der Waals surface area contributed by atoms with Crippen LogP contribution >= 0.6 is 12.4 Å². The minimum absolute atomic E-state index is 0. The van der Waals surface area contributed by atoms with Gasteiger partial charge in [0, 0.05) is 25.7 Å². The Balaban J connectivity index is 0.00000289. The topological polar surface area (TPSA) is 101 Å². The number of rotatable bonds is 5. The molecule has 0 spiro atoms. The summed E-state index contributed by atoms with van der Waals surface area (Å²) in [6, 6.07) is 5.67. The molecule has 1 aromatic rings. The van der Waals surface area contributed by atoms with Crippen LogP contribution in [0.3, 0.4) is 0 Å². The number of sulfonamides is 1. The summed E-state index contributed by atoms with van der Waals surface area (Å²) >= 11 is 0. The Bertz CT molecular complexity index is 488. The minimum Gasteiger partial charge on any atom is -0.355 e. The highest BCUT2D eigenvalue weighted by molar-refractivity contribution is 7.89. The molecule has 0 fully saturated rings. The third kappa shape index (κ3) is 4.26. The molecular formula is C10H16ClN3O3S. The van der Waals surface area contributed by atoms with Gasteiger partial charge in [0.25, 0.3) is 5.91 Å². The van der Waals surface area contributed by atoms with Gasteiger partial charge in [-0.1, -0.05) is 0 Å². The van der Waals surface area contributed by atoms with Gasteiger partial charge in [0.05, 0.1) is 4.90 Å². The average molecular weight is 294 g/mol. The van der Waals surface area contributed by atoms with E-state index in [1.165, 1.54) is 31.3 Å². The first-order chi connectivity index (χ1) is 8.01. The third-order valence-electron chi connectivity index (χ3n) is 2.09. The highest BCUT2D eigenvalue weighted by atomic mass is 35.5. The monoisotopic (exact) mass is 293 g/mol. The first-order valence-corrected chi connectivity index (χ1v) is 6.51. The molecule has 0 bridgehead atoms. The molecule has 102 valence electrons. The zero-order valence-corrected chi connectivity index (χ0v) is 11.5. The largest absolute Gasteiger partial charge is 0.355 e. The maximum Gasteiger partial charge on any atom is 0.251 e. The van der Waals surface area contributed by atoms with Crippen molar-refractivity contribution >= 4 is 28.3 Å². The van der Waals surface area contributed by atoms with Crippen LogP contribution in [-0.2, 0) is 10.0 Å². The van der Waals surface area contributed by atoms with Crippen LogP contribution in [0.4, 0.5) is 0 Å². The summed E-state index contributed by atoms with van der Waals surface area (Å²) in [5.41, 5.74) is 5.62. The van der Waals surface area contributed by atoms with Gasteiger partial charge in [-0.25, -0.2) is 13.1 Å². The normalized spacial score (nSPS) is 10.6. The summed E-state index contributed by atoms with van der Waals surface area (Å²) in [4.78, 5) is 11.4. The van der Waals surface area contributed by atoms with Crippen LogP contribution < -0.4 is 15.8 Å². The number of halogens is 1. The molecule has 18 heavy (non-hydrogen) atoms. The zero-order chi connectivity index (χ0) is 12.9. The lowest BCUT2D eigenvalue weighted by molar-refractivity contribution is 0.0963. The van der Waals surface area contributed by atoms with Gasteiger partial charge >= 0.3 is 0 Å². The predicted molar refractivity (Wildman–Crippen MR) is 71.3 cm³/mol. The molecule has 0 aliphatic rings. The second-order valence-electron chi connectivity index (χ2n) is 3.29. The van der Waals surface area contributed by atoms with Gasteiger partial charge in [0.15, 0.2) is 0 Å². The Morgan fingerprint density at radius 2 is 1.83 bits per heavy atom. The number of nitrogens with two attached hydrogens (primary N) is 1. The summed E-state index contributed by atoms with van der Waals surface area (Å²) in [5, 5.41) is 2.45. The van der Waals surface area contributed by atoms with E-state index in [-0.39, 0.29) is 36.3 Å². The zero-order valence-electron chi connectivity index (χ0n) is 9.84. The van der Waals surface area contributed by atoms with Crippen LogP contribution in [0.15, 0.2) is 29.2 Å². The molecule has 0 radical (unpaired) electrons. The van der Waals surface area contributed by atoms with Gasteiger partial charge in [-0.2, -0.15) is 0 Å². The summed E-state index contributed by atoms with van der Waals surface area (Å²) in [6.07, 6.45) is 0. The van der Waals surface area contributed by atoms with Crippen LogP contribution in [0.25, 0.3) is 0 Å². The van der Waals surface area contributed by atoms with E-state index in [1.807, 2.05) is 0 Å². The quantitative estimate of drug-likeness (QED) is 0.694. The van der Waals surface area contributed by atoms with Crippen molar-refractivity contribution in [2.75, 3.05) is 20.1 Å². The molecule has 0 aliphatic carbocycles. The third-order valence-corrected chi connectivity index (χ3v) is 3.57. The molecule has 0 saturated carbocycles. The summed E-state index contributed by atoms with van der Waals surface area (Å²) in [5.74, 6) is -0.260. The minimum atomic E-state index is -3.53. The van der Waals surface area contributed by atoms with Crippen molar-refractivity contribution < 1.29 is 13.2 Å². The molecule has 1 aromatic carbocycles. The summed E-state index contributed by atoms with van der Waals surface area (Å²) in [6.45, 7) is 0.412. The smallest absolute Gasteiger partial charge is 0.251 e. The number of nitrogens with one attached hydrogen (secondary N) is 2. The SMILES string of the molecule is CNC(=O)c1ccc(S(=O)(=O)NCCN)cc1.Cl. The molecule has 8 heteroatoms. The van der Waals surface area contributed by atoms with Crippen LogP contribution in [-0.4, -0.2) is 34.5 Å². The number of hydrogen-bond donors (Lipinski definition) is 3. The lowest BCUT2D eigenvalue weighted by Crippen LogP contribution is -2.29. The Labute approximate surface area is 112 Å². The van der Waals surface area contributed by atoms with Crippen molar-refractivity contribution in [1.82, 2.24) is 10.0 Å². The molecule has 6 nitrogen and oxygen atoms in total. The van der Waals surface area contributed by atoms with Gasteiger partial charge in [0.2, 0.25) is 10.0 Å². The fourth-order valence-electron chi connectivity index (χ4n) is 1.21. The molecule has 0 heterocycles. The summed E-state index contributed by atoms with van der Waals surface area (Å²) in [7, 11) is -2.02. The molecule has 1 rings (SSSR count). The second-order valence-corrected chi connectivity index (χ2v) is 5.06. The van der Waals surface area contributed by atoms with Crippen LogP contribution in [0, 0.1) is 0 Å². The van der Waals surface area contributed by atoms with E-state index in [2.05, 4.69) is 10.0 Å². The van der Waals surface area contributed by atoms with Crippen molar-refractivity contribution in [2.24, 2.45) is 5.73 Å². The molecule has 1 amide bonds. The molecule has 0 atom stereocenters. The lowest BCUT2D eigenvalue weighted by Gasteiger charge is -2.06. The number of benzene rings is 1. The predicted octanol–water partition coefficient (Wildman–Crippen LogP) is -0.295. The Morgan fingerprint density at radius 1 is 1.28 bits per heavy atom. The van der Waals surface area contributed by atoms with E-state index >= 15 is 0 Å². The van der Waals surface area contributed by atoms with E-state index in [4.69, 9.17) is 5.73 Å². The Hall–Kier alpha value is -1.15. The number of hydrogen-bond acceptors (Lipinski definition) is 4. The van der Waals surface area contributed by atoms with Crippen LogP contribution in [0.5, 0.6) is 0 Å². The van der Waals surface area contributed by atoms with Crippen molar-refractivity contribution in [3.63, 3.8) is 0 Å². The molecule has 4 N–H and O–H groups in total. The number of carbonyl (C=O) groups is 1. The lowest BCUT2D eigenvalue weighted by atomic mass is 10.2. The highest BCUT2D eigenvalue weighted by Gasteiger charge is 2.13. The van der Waals surface area contributed by atoms with Gasteiger partial charge in [-0.3, -0.25) is 4.79 Å². The van der Waals surface area contributed by atoms with E-state index in [0.717, 1.165) is 0 Å². The second kappa shape index (κ2) is 7.32. The van der Waals surface area contributed by atoms with Gasteiger partial charge in [0.1, 0.15) is 0 Å². The van der Waals surface area contributed by atoms with Crippen molar-refractivity contribution in [3.8, 4) is 0 Å².